The van der Waals surface area contributed by atoms with Gasteiger partial charge < -0.3 is 19.3 Å². The van der Waals surface area contributed by atoms with E-state index in [0.717, 1.165) is 34.9 Å². The number of ether oxygens (including phenoxy) is 2. The molecule has 1 heterocycles. The van der Waals surface area contributed by atoms with E-state index in [1.54, 1.807) is 13.0 Å². The molecule has 1 aliphatic heterocycles. The Morgan fingerprint density at radius 3 is 2.70 bits per heavy atom. The SMILES string of the molecule is CCOC(=O)CCc1ccc(N(C)Cc2ccc3c(c2)N(c2ccccc2)CCO3)cc1F. The zero-order valence-electron chi connectivity index (χ0n) is 19.1. The lowest BCUT2D eigenvalue weighted by atomic mass is 10.1. The van der Waals surface area contributed by atoms with Crippen molar-refractivity contribution in [3.05, 3.63) is 83.7 Å². The fourth-order valence-electron chi connectivity index (χ4n) is 4.05. The van der Waals surface area contributed by atoms with E-state index in [-0.39, 0.29) is 18.2 Å². The maximum absolute atomic E-state index is 14.6. The summed E-state index contributed by atoms with van der Waals surface area (Å²) in [7, 11) is 1.94. The zero-order chi connectivity index (χ0) is 23.2. The minimum atomic E-state index is -0.308. The summed E-state index contributed by atoms with van der Waals surface area (Å²) in [5, 5.41) is 0. The van der Waals surface area contributed by atoms with Crippen LogP contribution < -0.4 is 14.5 Å². The Labute approximate surface area is 194 Å². The first-order valence-corrected chi connectivity index (χ1v) is 11.3. The minimum absolute atomic E-state index is 0.176. The van der Waals surface area contributed by atoms with Crippen LogP contribution in [-0.4, -0.2) is 32.8 Å². The predicted molar refractivity (Wildman–Crippen MR) is 129 cm³/mol. The molecule has 0 spiro atoms. The molecule has 0 saturated heterocycles. The Balaban J connectivity index is 1.47. The van der Waals surface area contributed by atoms with Gasteiger partial charge in [-0.05, 0) is 60.9 Å². The summed E-state index contributed by atoms with van der Waals surface area (Å²) in [6.07, 6.45) is 0.504. The number of hydrogen-bond donors (Lipinski definition) is 0. The number of anilines is 3. The van der Waals surface area contributed by atoms with Crippen molar-refractivity contribution in [3.8, 4) is 5.75 Å². The van der Waals surface area contributed by atoms with Gasteiger partial charge in [0.25, 0.3) is 0 Å². The largest absolute Gasteiger partial charge is 0.490 e. The maximum Gasteiger partial charge on any atom is 0.306 e. The maximum atomic E-state index is 14.6. The number of halogens is 1. The first-order valence-electron chi connectivity index (χ1n) is 11.3. The standard InChI is InChI=1S/C27H29FN2O3/c1-3-32-27(31)14-11-21-10-12-23(18-24(21)28)29(2)19-20-9-13-26-25(17-20)30(15-16-33-26)22-7-5-4-6-8-22/h4-10,12-13,17-18H,3,11,14-16,19H2,1-2H3. The van der Waals surface area contributed by atoms with Gasteiger partial charge in [0.05, 0.1) is 18.8 Å². The van der Waals surface area contributed by atoms with Crippen LogP contribution in [0.2, 0.25) is 0 Å². The van der Waals surface area contributed by atoms with E-state index in [0.29, 0.717) is 31.7 Å². The highest BCUT2D eigenvalue weighted by Gasteiger charge is 2.20. The van der Waals surface area contributed by atoms with Crippen molar-refractivity contribution in [2.24, 2.45) is 0 Å². The van der Waals surface area contributed by atoms with E-state index in [9.17, 15) is 9.18 Å². The second kappa shape index (κ2) is 10.4. The first-order chi connectivity index (χ1) is 16.0. The van der Waals surface area contributed by atoms with Gasteiger partial charge in [0.2, 0.25) is 0 Å². The van der Waals surface area contributed by atoms with E-state index in [1.807, 2.05) is 48.3 Å². The molecule has 0 radical (unpaired) electrons. The Kier molecular flexibility index (Phi) is 7.13. The summed E-state index contributed by atoms with van der Waals surface area (Å²) >= 11 is 0. The molecule has 0 bridgehead atoms. The number of fused-ring (bicyclic) bond motifs is 1. The highest BCUT2D eigenvalue weighted by Crippen LogP contribution is 2.37. The summed E-state index contributed by atoms with van der Waals surface area (Å²) in [5.41, 5.74) is 4.58. The van der Waals surface area contributed by atoms with E-state index in [2.05, 4.69) is 23.1 Å². The summed E-state index contributed by atoms with van der Waals surface area (Å²) in [6, 6.07) is 21.6. The highest BCUT2D eigenvalue weighted by atomic mass is 19.1. The second-order valence-corrected chi connectivity index (χ2v) is 8.07. The average Bonchev–Trinajstić information content (AvgIpc) is 2.83. The van der Waals surface area contributed by atoms with Crippen molar-refractivity contribution < 1.29 is 18.7 Å². The molecule has 0 atom stereocenters. The normalized spacial score (nSPS) is 12.6. The van der Waals surface area contributed by atoms with E-state index in [1.165, 1.54) is 6.07 Å². The van der Waals surface area contributed by atoms with Crippen LogP contribution in [0.25, 0.3) is 0 Å². The van der Waals surface area contributed by atoms with Gasteiger partial charge in [-0.2, -0.15) is 0 Å². The van der Waals surface area contributed by atoms with Gasteiger partial charge >= 0.3 is 5.97 Å². The lowest BCUT2D eigenvalue weighted by molar-refractivity contribution is -0.143. The summed E-state index contributed by atoms with van der Waals surface area (Å²) in [6.45, 7) is 4.15. The van der Waals surface area contributed by atoms with Gasteiger partial charge in [-0.25, -0.2) is 4.39 Å². The Morgan fingerprint density at radius 2 is 1.94 bits per heavy atom. The summed E-state index contributed by atoms with van der Waals surface area (Å²) in [5.74, 6) is 0.255. The predicted octanol–water partition coefficient (Wildman–Crippen LogP) is 5.49. The zero-order valence-corrected chi connectivity index (χ0v) is 19.1. The van der Waals surface area contributed by atoms with Gasteiger partial charge in [-0.3, -0.25) is 4.79 Å². The number of para-hydroxylation sites is 1. The number of aryl methyl sites for hydroxylation is 1. The Hall–Kier alpha value is -3.54. The van der Waals surface area contributed by atoms with E-state index >= 15 is 0 Å². The molecule has 0 N–H and O–H groups in total. The van der Waals surface area contributed by atoms with E-state index in [4.69, 9.17) is 9.47 Å². The number of rotatable bonds is 8. The van der Waals surface area contributed by atoms with Crippen molar-refractivity contribution in [3.63, 3.8) is 0 Å². The van der Waals surface area contributed by atoms with Gasteiger partial charge in [0.15, 0.2) is 0 Å². The average molecular weight is 449 g/mol. The van der Waals surface area contributed by atoms with Crippen LogP contribution in [0.4, 0.5) is 21.5 Å². The van der Waals surface area contributed by atoms with Crippen LogP contribution in [0, 0.1) is 5.82 Å². The minimum Gasteiger partial charge on any atom is -0.490 e. The molecule has 0 fully saturated rings. The monoisotopic (exact) mass is 448 g/mol. The van der Waals surface area contributed by atoms with Crippen LogP contribution in [-0.2, 0) is 22.5 Å². The molecule has 0 amide bonds. The number of esters is 1. The number of carbonyl (C=O) groups excluding carboxylic acids is 1. The van der Waals surface area contributed by atoms with Crippen molar-refractivity contribution in [1.29, 1.82) is 0 Å². The Bertz CT molecular complexity index is 1100. The smallest absolute Gasteiger partial charge is 0.306 e. The summed E-state index contributed by atoms with van der Waals surface area (Å²) < 4.78 is 25.4. The molecule has 3 aromatic rings. The molecule has 6 heteroatoms. The number of nitrogens with zero attached hydrogens (tertiary/aromatic N) is 2. The lowest BCUT2D eigenvalue weighted by Gasteiger charge is -2.32. The number of benzene rings is 3. The fraction of sp³-hybridized carbons (Fsp3) is 0.296. The van der Waals surface area contributed by atoms with Crippen molar-refractivity contribution in [2.45, 2.75) is 26.3 Å². The van der Waals surface area contributed by atoms with Crippen LogP contribution >= 0.6 is 0 Å². The molecule has 4 rings (SSSR count). The van der Waals surface area contributed by atoms with Gasteiger partial charge in [0, 0.05) is 31.4 Å². The third-order valence-electron chi connectivity index (χ3n) is 5.76. The molecule has 3 aromatic carbocycles. The quantitative estimate of drug-likeness (QED) is 0.427. The van der Waals surface area contributed by atoms with E-state index < -0.39 is 0 Å². The number of hydrogen-bond acceptors (Lipinski definition) is 5. The van der Waals surface area contributed by atoms with Gasteiger partial charge in [-0.15, -0.1) is 0 Å². The molecular formula is C27H29FN2O3. The lowest BCUT2D eigenvalue weighted by Crippen LogP contribution is -2.28. The topological polar surface area (TPSA) is 42.0 Å². The molecule has 0 unspecified atom stereocenters. The molecule has 33 heavy (non-hydrogen) atoms. The molecular weight excluding hydrogens is 419 g/mol. The highest BCUT2D eigenvalue weighted by molar-refractivity contribution is 5.71. The molecule has 1 aliphatic rings. The molecule has 0 aliphatic carbocycles. The Morgan fingerprint density at radius 1 is 1.12 bits per heavy atom. The van der Waals surface area contributed by atoms with Gasteiger partial charge in [0.1, 0.15) is 18.2 Å². The molecule has 0 aromatic heterocycles. The molecule has 172 valence electrons. The molecule has 5 nitrogen and oxygen atoms in total. The van der Waals surface area contributed by atoms with Crippen LogP contribution in [0.3, 0.4) is 0 Å². The van der Waals surface area contributed by atoms with Crippen LogP contribution in [0.1, 0.15) is 24.5 Å². The van der Waals surface area contributed by atoms with Crippen molar-refractivity contribution in [1.82, 2.24) is 0 Å². The molecule has 0 saturated carbocycles. The van der Waals surface area contributed by atoms with Crippen molar-refractivity contribution in [2.75, 3.05) is 36.6 Å². The second-order valence-electron chi connectivity index (χ2n) is 8.07. The fourth-order valence-corrected chi connectivity index (χ4v) is 4.05. The van der Waals surface area contributed by atoms with Crippen LogP contribution in [0.15, 0.2) is 66.7 Å². The summed E-state index contributed by atoms with van der Waals surface area (Å²) in [4.78, 5) is 15.8. The first kappa shape index (κ1) is 22.6. The van der Waals surface area contributed by atoms with Crippen molar-refractivity contribution >= 4 is 23.0 Å². The third kappa shape index (κ3) is 5.45. The number of carbonyl (C=O) groups is 1. The van der Waals surface area contributed by atoms with Gasteiger partial charge in [-0.1, -0.05) is 30.3 Å². The van der Waals surface area contributed by atoms with Crippen LogP contribution in [0.5, 0.6) is 5.75 Å². The third-order valence-corrected chi connectivity index (χ3v) is 5.76.